The molecule has 0 N–H and O–H groups in total. The van der Waals surface area contributed by atoms with Gasteiger partial charge >= 0.3 is 0 Å². The van der Waals surface area contributed by atoms with Crippen LogP contribution in [0.4, 0.5) is 0 Å². The lowest BCUT2D eigenvalue weighted by Crippen LogP contribution is -2.21. The molecule has 0 atom stereocenters. The van der Waals surface area contributed by atoms with E-state index in [2.05, 4.69) is 20.9 Å². The Morgan fingerprint density at radius 2 is 1.90 bits per heavy atom. The number of pyridine rings is 1. The second-order valence-electron chi connectivity index (χ2n) is 6.89. The average Bonchev–Trinajstić information content (AvgIpc) is 3.20. The van der Waals surface area contributed by atoms with E-state index < -0.39 is 0 Å². The molecule has 3 heterocycles. The summed E-state index contributed by atoms with van der Waals surface area (Å²) in [4.78, 5) is 22.8. The van der Waals surface area contributed by atoms with Gasteiger partial charge < -0.3 is 9.14 Å². The van der Waals surface area contributed by atoms with E-state index in [0.29, 0.717) is 33.2 Å². The Morgan fingerprint density at radius 1 is 1.03 bits per heavy atom. The zero-order valence-electron chi connectivity index (χ0n) is 16.5. The molecule has 31 heavy (non-hydrogen) atoms. The van der Waals surface area contributed by atoms with Gasteiger partial charge in [0.2, 0.25) is 0 Å². The minimum atomic E-state index is -0.111. The van der Waals surface area contributed by atoms with Gasteiger partial charge in [0, 0.05) is 28.7 Å². The Kier molecular flexibility index (Phi) is 5.25. The third-order valence-electron chi connectivity index (χ3n) is 4.87. The standard InChI is InChI=1S/C23H17BrN4O2S/c1-30-18-6-4-5-17(11-18)28-22(29)19-7-2-3-8-20(19)26-23(28)31-14-16-13-27-12-15(24)9-10-21(27)25-16/h2-13H,14H2,1H3. The Hall–Kier alpha value is -3.10. The first kappa shape index (κ1) is 19.8. The molecule has 5 aromatic rings. The predicted octanol–water partition coefficient (Wildman–Crippen LogP) is 5.10. The van der Waals surface area contributed by atoms with Gasteiger partial charge in [0.15, 0.2) is 5.16 Å². The fourth-order valence-corrected chi connectivity index (χ4v) is 4.66. The molecule has 0 saturated carbocycles. The fraction of sp³-hybridized carbons (Fsp3) is 0.0870. The highest BCUT2D eigenvalue weighted by Gasteiger charge is 2.15. The Labute approximate surface area is 190 Å². The van der Waals surface area contributed by atoms with E-state index in [-0.39, 0.29) is 5.56 Å². The maximum atomic E-state index is 13.4. The summed E-state index contributed by atoms with van der Waals surface area (Å²) in [6.07, 6.45) is 3.96. The molecule has 154 valence electrons. The Balaban J connectivity index is 1.59. The maximum Gasteiger partial charge on any atom is 0.266 e. The molecule has 2 aromatic carbocycles. The van der Waals surface area contributed by atoms with Gasteiger partial charge in [-0.2, -0.15) is 0 Å². The summed E-state index contributed by atoms with van der Waals surface area (Å²) < 4.78 is 9.96. The van der Waals surface area contributed by atoms with E-state index >= 15 is 0 Å². The lowest BCUT2D eigenvalue weighted by Gasteiger charge is -2.13. The number of fused-ring (bicyclic) bond motifs is 2. The van der Waals surface area contributed by atoms with E-state index in [1.165, 1.54) is 11.8 Å². The quantitative estimate of drug-likeness (QED) is 0.252. The first-order valence-corrected chi connectivity index (χ1v) is 11.3. The van der Waals surface area contributed by atoms with Crippen LogP contribution in [0, 0.1) is 0 Å². The molecular weight excluding hydrogens is 476 g/mol. The lowest BCUT2D eigenvalue weighted by molar-refractivity contribution is 0.414. The maximum absolute atomic E-state index is 13.4. The van der Waals surface area contributed by atoms with E-state index in [1.54, 1.807) is 17.7 Å². The molecule has 6 nitrogen and oxygen atoms in total. The molecule has 0 bridgehead atoms. The number of benzene rings is 2. The van der Waals surface area contributed by atoms with Gasteiger partial charge in [-0.1, -0.05) is 30.0 Å². The van der Waals surface area contributed by atoms with E-state index in [1.807, 2.05) is 71.4 Å². The molecule has 0 spiro atoms. The molecule has 0 radical (unpaired) electrons. The molecule has 5 rings (SSSR count). The van der Waals surface area contributed by atoms with Crippen LogP contribution in [0.3, 0.4) is 0 Å². The van der Waals surface area contributed by atoms with Crippen LogP contribution in [0.25, 0.3) is 22.2 Å². The molecule has 0 aliphatic rings. The van der Waals surface area contributed by atoms with Crippen LogP contribution in [0.5, 0.6) is 5.75 Å². The second kappa shape index (κ2) is 8.20. The number of hydrogen-bond donors (Lipinski definition) is 0. The van der Waals surface area contributed by atoms with Gasteiger partial charge in [0.25, 0.3) is 5.56 Å². The van der Waals surface area contributed by atoms with Crippen molar-refractivity contribution in [2.45, 2.75) is 10.9 Å². The third-order valence-corrected chi connectivity index (χ3v) is 6.31. The normalized spacial score (nSPS) is 11.3. The summed E-state index contributed by atoms with van der Waals surface area (Å²) in [6.45, 7) is 0. The summed E-state index contributed by atoms with van der Waals surface area (Å²) >= 11 is 4.96. The van der Waals surface area contributed by atoms with Crippen molar-refractivity contribution in [1.82, 2.24) is 18.9 Å². The smallest absolute Gasteiger partial charge is 0.266 e. The number of nitrogens with zero attached hydrogens (tertiary/aromatic N) is 4. The number of imidazole rings is 1. The largest absolute Gasteiger partial charge is 0.497 e. The Bertz CT molecular complexity index is 1480. The van der Waals surface area contributed by atoms with Gasteiger partial charge in [-0.05, 0) is 52.3 Å². The Morgan fingerprint density at radius 3 is 2.77 bits per heavy atom. The van der Waals surface area contributed by atoms with Crippen molar-refractivity contribution in [2.24, 2.45) is 0 Å². The fourth-order valence-electron chi connectivity index (χ4n) is 3.41. The molecule has 0 amide bonds. The van der Waals surface area contributed by atoms with E-state index in [4.69, 9.17) is 9.72 Å². The number of ether oxygens (including phenoxy) is 1. The molecule has 3 aromatic heterocycles. The van der Waals surface area contributed by atoms with Crippen LogP contribution in [0.2, 0.25) is 0 Å². The minimum Gasteiger partial charge on any atom is -0.497 e. The predicted molar refractivity (Wildman–Crippen MR) is 126 cm³/mol. The molecule has 0 unspecified atom stereocenters. The number of para-hydroxylation sites is 1. The monoisotopic (exact) mass is 492 g/mol. The van der Waals surface area contributed by atoms with Gasteiger partial charge in [-0.3, -0.25) is 9.36 Å². The van der Waals surface area contributed by atoms with Gasteiger partial charge in [0.1, 0.15) is 11.4 Å². The number of halogens is 1. The summed E-state index contributed by atoms with van der Waals surface area (Å²) in [6, 6.07) is 18.8. The van der Waals surface area contributed by atoms with Crippen LogP contribution < -0.4 is 10.3 Å². The van der Waals surface area contributed by atoms with Crippen molar-refractivity contribution in [1.29, 1.82) is 0 Å². The highest BCUT2D eigenvalue weighted by molar-refractivity contribution is 9.10. The van der Waals surface area contributed by atoms with Crippen LogP contribution >= 0.6 is 27.7 Å². The first-order valence-electron chi connectivity index (χ1n) is 9.54. The van der Waals surface area contributed by atoms with Gasteiger partial charge in [-0.15, -0.1) is 0 Å². The zero-order chi connectivity index (χ0) is 21.4. The molecular formula is C23H17BrN4O2S. The minimum absolute atomic E-state index is 0.111. The number of rotatable bonds is 5. The van der Waals surface area contributed by atoms with Crippen molar-refractivity contribution in [3.63, 3.8) is 0 Å². The highest BCUT2D eigenvalue weighted by Crippen LogP contribution is 2.26. The zero-order valence-corrected chi connectivity index (χ0v) is 18.9. The van der Waals surface area contributed by atoms with Crippen molar-refractivity contribution in [3.05, 3.63) is 93.6 Å². The molecule has 8 heteroatoms. The number of thioether (sulfide) groups is 1. The number of hydrogen-bond acceptors (Lipinski definition) is 5. The van der Waals surface area contributed by atoms with Gasteiger partial charge in [-0.25, -0.2) is 9.97 Å². The van der Waals surface area contributed by atoms with Crippen LogP contribution in [-0.2, 0) is 5.75 Å². The number of methoxy groups -OCH3 is 1. The summed E-state index contributed by atoms with van der Waals surface area (Å²) in [5, 5.41) is 1.18. The highest BCUT2D eigenvalue weighted by atomic mass is 79.9. The van der Waals surface area contributed by atoms with Crippen molar-refractivity contribution >= 4 is 44.2 Å². The summed E-state index contributed by atoms with van der Waals surface area (Å²) in [7, 11) is 1.61. The summed E-state index contributed by atoms with van der Waals surface area (Å²) in [5.74, 6) is 1.26. The molecule has 0 saturated heterocycles. The van der Waals surface area contributed by atoms with Crippen LogP contribution in [-0.4, -0.2) is 26.0 Å². The SMILES string of the molecule is COc1cccc(-n2c(SCc3cn4cc(Br)ccc4n3)nc3ccccc3c2=O)c1. The van der Waals surface area contributed by atoms with Crippen LogP contribution in [0.1, 0.15) is 5.69 Å². The first-order chi connectivity index (χ1) is 15.1. The van der Waals surface area contributed by atoms with Crippen molar-refractivity contribution < 1.29 is 4.74 Å². The van der Waals surface area contributed by atoms with Crippen molar-refractivity contribution in [2.75, 3.05) is 7.11 Å². The van der Waals surface area contributed by atoms with E-state index in [9.17, 15) is 4.79 Å². The van der Waals surface area contributed by atoms with Crippen molar-refractivity contribution in [3.8, 4) is 11.4 Å². The second-order valence-corrected chi connectivity index (χ2v) is 8.75. The molecule has 0 fully saturated rings. The van der Waals surface area contributed by atoms with Gasteiger partial charge in [0.05, 0.1) is 29.4 Å². The number of aromatic nitrogens is 4. The average molecular weight is 493 g/mol. The topological polar surface area (TPSA) is 61.4 Å². The third kappa shape index (κ3) is 3.84. The molecule has 0 aliphatic carbocycles. The van der Waals surface area contributed by atoms with E-state index in [0.717, 1.165) is 15.8 Å². The lowest BCUT2D eigenvalue weighted by atomic mass is 10.2. The van der Waals surface area contributed by atoms with Crippen LogP contribution in [0.15, 0.2) is 87.5 Å². The molecule has 0 aliphatic heterocycles. The summed E-state index contributed by atoms with van der Waals surface area (Å²) in [5.41, 5.74) is 3.05.